The van der Waals surface area contributed by atoms with Crippen LogP contribution in [-0.2, 0) is 17.5 Å². The van der Waals surface area contributed by atoms with Crippen molar-refractivity contribution < 1.29 is 40.6 Å². The predicted molar refractivity (Wildman–Crippen MR) is 110 cm³/mol. The van der Waals surface area contributed by atoms with E-state index in [-0.39, 0.29) is 22.2 Å². The molecule has 0 spiro atoms. The number of nitrogens with zero attached hydrogens (tertiary/aromatic N) is 3. The van der Waals surface area contributed by atoms with Crippen molar-refractivity contribution in [1.82, 2.24) is 14.3 Å². The highest BCUT2D eigenvalue weighted by Gasteiger charge is 2.40. The number of nitrogens with one attached hydrogen (secondary N) is 1. The standard InChI is InChI=1S/C20H17F5N4O4S/c21-18(22)32-12-3-1-2-11(8-12)14-9-13(16(33-14)20(23,24)25)17(30)27-19-26-15(28-34-19)10-29-4-6-31-7-5-29/h1-3,8-9,18H,4-7,10H2,(H,26,27,28,30). The molecule has 1 N–H and O–H groups in total. The Kier molecular flexibility index (Phi) is 7.09. The maximum Gasteiger partial charge on any atom is 0.450 e. The lowest BCUT2D eigenvalue weighted by Crippen LogP contribution is -2.35. The van der Waals surface area contributed by atoms with Crippen LogP contribution in [0.25, 0.3) is 11.3 Å². The molecule has 1 saturated heterocycles. The molecule has 1 fully saturated rings. The Morgan fingerprint density at radius 2 is 2.00 bits per heavy atom. The Morgan fingerprint density at radius 3 is 2.71 bits per heavy atom. The van der Waals surface area contributed by atoms with E-state index >= 15 is 0 Å². The largest absolute Gasteiger partial charge is 0.451 e. The van der Waals surface area contributed by atoms with E-state index in [9.17, 15) is 26.7 Å². The van der Waals surface area contributed by atoms with E-state index < -0.39 is 30.0 Å². The molecule has 1 aliphatic heterocycles. The summed E-state index contributed by atoms with van der Waals surface area (Å²) < 4.78 is 84.1. The maximum atomic E-state index is 13.6. The quantitative estimate of drug-likeness (QED) is 0.474. The van der Waals surface area contributed by atoms with Gasteiger partial charge in [-0.25, -0.2) is 4.98 Å². The van der Waals surface area contributed by atoms with Crippen LogP contribution in [0.4, 0.5) is 27.1 Å². The Bertz CT molecular complexity index is 1140. The smallest absolute Gasteiger partial charge is 0.450 e. The van der Waals surface area contributed by atoms with Crippen molar-refractivity contribution in [1.29, 1.82) is 0 Å². The summed E-state index contributed by atoms with van der Waals surface area (Å²) in [6, 6.07) is 5.81. The fraction of sp³-hybridized carbons (Fsp3) is 0.350. The number of carbonyl (C=O) groups excluding carboxylic acids is 1. The van der Waals surface area contributed by atoms with Gasteiger partial charge in [-0.1, -0.05) is 12.1 Å². The lowest BCUT2D eigenvalue weighted by atomic mass is 10.1. The van der Waals surface area contributed by atoms with Gasteiger partial charge < -0.3 is 13.9 Å². The van der Waals surface area contributed by atoms with Crippen LogP contribution in [0.2, 0.25) is 0 Å². The third-order valence-corrected chi connectivity index (χ3v) is 5.40. The number of rotatable bonds is 7. The zero-order valence-electron chi connectivity index (χ0n) is 17.3. The minimum atomic E-state index is -4.98. The second kappa shape index (κ2) is 10.0. The van der Waals surface area contributed by atoms with Crippen molar-refractivity contribution in [2.75, 3.05) is 31.6 Å². The summed E-state index contributed by atoms with van der Waals surface area (Å²) in [5.74, 6) is -2.83. The molecule has 3 heterocycles. The Balaban J connectivity index is 1.54. The number of anilines is 1. The molecule has 0 bridgehead atoms. The van der Waals surface area contributed by atoms with E-state index in [4.69, 9.17) is 9.15 Å². The number of halogens is 5. The molecule has 34 heavy (non-hydrogen) atoms. The minimum absolute atomic E-state index is 0.0198. The first-order valence-electron chi connectivity index (χ1n) is 9.89. The first-order valence-corrected chi connectivity index (χ1v) is 10.7. The summed E-state index contributed by atoms with van der Waals surface area (Å²) in [7, 11) is 0. The predicted octanol–water partition coefficient (Wildman–Crippen LogP) is 4.50. The molecule has 14 heteroatoms. The van der Waals surface area contributed by atoms with E-state index in [1.807, 2.05) is 4.90 Å². The van der Waals surface area contributed by atoms with Gasteiger partial charge in [0, 0.05) is 30.2 Å². The maximum absolute atomic E-state index is 13.6. The molecule has 1 amide bonds. The second-order valence-electron chi connectivity index (χ2n) is 7.12. The number of amides is 1. The van der Waals surface area contributed by atoms with E-state index in [0.717, 1.165) is 23.7 Å². The summed E-state index contributed by atoms with van der Waals surface area (Å²) >= 11 is 0.835. The highest BCUT2D eigenvalue weighted by atomic mass is 32.1. The molecule has 2 aromatic heterocycles. The third-order valence-electron chi connectivity index (χ3n) is 4.74. The van der Waals surface area contributed by atoms with Crippen LogP contribution in [0.15, 0.2) is 34.7 Å². The van der Waals surface area contributed by atoms with Gasteiger partial charge in [0.25, 0.3) is 5.91 Å². The molecule has 8 nitrogen and oxygen atoms in total. The Labute approximate surface area is 193 Å². The van der Waals surface area contributed by atoms with E-state index in [1.165, 1.54) is 18.2 Å². The fourth-order valence-electron chi connectivity index (χ4n) is 3.23. The number of alkyl halides is 5. The average Bonchev–Trinajstić information content (AvgIpc) is 3.41. The number of ether oxygens (including phenoxy) is 2. The van der Waals surface area contributed by atoms with Crippen molar-refractivity contribution in [3.63, 3.8) is 0 Å². The van der Waals surface area contributed by atoms with Gasteiger partial charge in [-0.15, -0.1) is 0 Å². The molecule has 1 aliphatic rings. The highest BCUT2D eigenvalue weighted by Crippen LogP contribution is 2.38. The van der Waals surface area contributed by atoms with Gasteiger partial charge in [0.1, 0.15) is 11.5 Å². The van der Waals surface area contributed by atoms with Crippen LogP contribution in [0.5, 0.6) is 5.75 Å². The SMILES string of the molecule is O=C(Nc1nc(CN2CCOCC2)ns1)c1cc(-c2cccc(OC(F)F)c2)oc1C(F)(F)F. The zero-order chi connectivity index (χ0) is 24.3. The molecule has 0 aliphatic carbocycles. The zero-order valence-corrected chi connectivity index (χ0v) is 18.1. The van der Waals surface area contributed by atoms with Crippen LogP contribution in [0, 0.1) is 0 Å². The van der Waals surface area contributed by atoms with Gasteiger partial charge in [-0.3, -0.25) is 15.0 Å². The van der Waals surface area contributed by atoms with Crippen molar-refractivity contribution in [3.05, 3.63) is 47.5 Å². The number of hydrogen-bond acceptors (Lipinski definition) is 8. The van der Waals surface area contributed by atoms with Crippen LogP contribution >= 0.6 is 11.5 Å². The minimum Gasteiger partial charge on any atom is -0.451 e. The number of hydrogen-bond donors (Lipinski definition) is 1. The van der Waals surface area contributed by atoms with Crippen LogP contribution in [-0.4, -0.2) is 53.1 Å². The number of aromatic nitrogens is 2. The van der Waals surface area contributed by atoms with Crippen molar-refractivity contribution in [3.8, 4) is 17.1 Å². The normalized spacial score (nSPS) is 15.0. The van der Waals surface area contributed by atoms with Crippen molar-refractivity contribution in [2.24, 2.45) is 0 Å². The fourth-order valence-corrected chi connectivity index (χ4v) is 3.81. The first kappa shape index (κ1) is 24.0. The van der Waals surface area contributed by atoms with Crippen LogP contribution in [0.1, 0.15) is 21.9 Å². The summed E-state index contributed by atoms with van der Waals surface area (Å²) in [5.41, 5.74) is -0.765. The lowest BCUT2D eigenvalue weighted by molar-refractivity contribution is -0.153. The number of morpholine rings is 1. The van der Waals surface area contributed by atoms with Gasteiger partial charge in [0.2, 0.25) is 10.9 Å². The Hall–Kier alpha value is -3.10. The van der Waals surface area contributed by atoms with Crippen LogP contribution < -0.4 is 10.1 Å². The molecular weight excluding hydrogens is 487 g/mol. The van der Waals surface area contributed by atoms with E-state index in [0.29, 0.717) is 38.7 Å². The first-order chi connectivity index (χ1) is 16.2. The molecular formula is C20H17F5N4O4S. The van der Waals surface area contributed by atoms with Gasteiger partial charge in [0.05, 0.1) is 25.3 Å². The molecule has 0 saturated carbocycles. The molecule has 0 atom stereocenters. The van der Waals surface area contributed by atoms with Crippen molar-refractivity contribution in [2.45, 2.75) is 19.3 Å². The van der Waals surface area contributed by atoms with Gasteiger partial charge >= 0.3 is 12.8 Å². The average molecular weight is 504 g/mol. The number of furan rings is 1. The molecule has 0 radical (unpaired) electrons. The number of carbonyl (C=O) groups is 1. The van der Waals surface area contributed by atoms with Crippen molar-refractivity contribution >= 4 is 22.6 Å². The van der Waals surface area contributed by atoms with Gasteiger partial charge in [-0.05, 0) is 18.2 Å². The summed E-state index contributed by atoms with van der Waals surface area (Å²) in [5, 5.41) is 2.33. The Morgan fingerprint density at radius 1 is 1.24 bits per heavy atom. The highest BCUT2D eigenvalue weighted by molar-refractivity contribution is 7.09. The lowest BCUT2D eigenvalue weighted by Gasteiger charge is -2.25. The molecule has 182 valence electrons. The van der Waals surface area contributed by atoms with Gasteiger partial charge in [-0.2, -0.15) is 26.3 Å². The molecule has 0 unspecified atom stereocenters. The summed E-state index contributed by atoms with van der Waals surface area (Å²) in [6.45, 7) is -0.161. The summed E-state index contributed by atoms with van der Waals surface area (Å²) in [4.78, 5) is 18.9. The summed E-state index contributed by atoms with van der Waals surface area (Å²) in [6.07, 6.45) is -4.98. The van der Waals surface area contributed by atoms with E-state index in [1.54, 1.807) is 0 Å². The van der Waals surface area contributed by atoms with Gasteiger partial charge in [0.15, 0.2) is 5.82 Å². The molecule has 3 aromatic rings. The molecule has 4 rings (SSSR count). The van der Waals surface area contributed by atoms with E-state index in [2.05, 4.69) is 19.4 Å². The van der Waals surface area contributed by atoms with Crippen LogP contribution in [0.3, 0.4) is 0 Å². The monoisotopic (exact) mass is 504 g/mol. The number of benzene rings is 1. The molecule has 1 aromatic carbocycles. The third kappa shape index (κ3) is 5.87. The second-order valence-corrected chi connectivity index (χ2v) is 7.87. The topological polar surface area (TPSA) is 89.7 Å².